The number of aliphatic hydroxyl groups is 1. The molecular weight excluding hydrogens is 316 g/mol. The molecule has 1 atom stereocenters. The summed E-state index contributed by atoms with van der Waals surface area (Å²) in [4.78, 5) is 2.29. The molecule has 1 aromatic rings. The van der Waals surface area contributed by atoms with E-state index in [0.29, 0.717) is 19.2 Å². The van der Waals surface area contributed by atoms with Crippen LogP contribution in [-0.2, 0) is 4.74 Å². The summed E-state index contributed by atoms with van der Waals surface area (Å²) < 4.78 is 37.3. The molecule has 0 radical (unpaired) electrons. The van der Waals surface area contributed by atoms with Gasteiger partial charge in [-0.25, -0.2) is 8.78 Å². The summed E-state index contributed by atoms with van der Waals surface area (Å²) in [6, 6.07) is 3.86. The van der Waals surface area contributed by atoms with E-state index < -0.39 is 17.2 Å². The summed E-state index contributed by atoms with van der Waals surface area (Å²) in [7, 11) is 0. The van der Waals surface area contributed by atoms with Crippen LogP contribution in [0, 0.1) is 11.6 Å². The molecule has 1 heterocycles. The van der Waals surface area contributed by atoms with Crippen molar-refractivity contribution in [3.63, 3.8) is 0 Å². The van der Waals surface area contributed by atoms with E-state index in [0.717, 1.165) is 31.5 Å². The second-order valence-electron chi connectivity index (χ2n) is 6.90. The Kier molecular flexibility index (Phi) is 5.69. The van der Waals surface area contributed by atoms with Gasteiger partial charge in [0, 0.05) is 25.2 Å². The van der Waals surface area contributed by atoms with Crippen molar-refractivity contribution in [1.29, 1.82) is 0 Å². The Bertz CT molecular complexity index is 551. The van der Waals surface area contributed by atoms with E-state index >= 15 is 0 Å². The first-order valence-corrected chi connectivity index (χ1v) is 8.68. The maximum Gasteiger partial charge on any atom is 0.162 e. The molecule has 134 valence electrons. The lowest BCUT2D eigenvalue weighted by atomic mass is 9.93. The fourth-order valence-corrected chi connectivity index (χ4v) is 3.58. The summed E-state index contributed by atoms with van der Waals surface area (Å²) in [5, 5.41) is 10.9. The van der Waals surface area contributed by atoms with E-state index in [1.165, 1.54) is 25.3 Å². The molecule has 2 aliphatic rings. The highest BCUT2D eigenvalue weighted by molar-refractivity contribution is 5.23. The maximum absolute atomic E-state index is 13.3. The van der Waals surface area contributed by atoms with Crippen LogP contribution in [0.3, 0.4) is 0 Å². The van der Waals surface area contributed by atoms with Crippen LogP contribution in [0.5, 0.6) is 5.75 Å². The fraction of sp³-hybridized carbons (Fsp3) is 0.667. The van der Waals surface area contributed by atoms with Crippen molar-refractivity contribution < 1.29 is 23.4 Å². The van der Waals surface area contributed by atoms with Crippen LogP contribution in [0.15, 0.2) is 18.2 Å². The van der Waals surface area contributed by atoms with Crippen LogP contribution in [0.2, 0.25) is 0 Å². The number of ether oxygens (including phenoxy) is 2. The highest BCUT2D eigenvalue weighted by atomic mass is 19.2. The Morgan fingerprint density at radius 2 is 2.00 bits per heavy atom. The molecule has 0 amide bonds. The van der Waals surface area contributed by atoms with E-state index in [4.69, 9.17) is 9.47 Å². The molecule has 0 aromatic heterocycles. The van der Waals surface area contributed by atoms with Crippen LogP contribution in [0.4, 0.5) is 8.78 Å². The van der Waals surface area contributed by atoms with Crippen molar-refractivity contribution in [2.24, 2.45) is 0 Å². The zero-order chi connectivity index (χ0) is 17.0. The minimum atomic E-state index is -1.15. The Hall–Kier alpha value is -1.24. The molecule has 1 N–H and O–H groups in total. The topological polar surface area (TPSA) is 41.9 Å². The minimum absolute atomic E-state index is 0.0126. The van der Waals surface area contributed by atoms with Gasteiger partial charge in [-0.1, -0.05) is 19.3 Å². The molecule has 0 spiro atoms. The first-order valence-electron chi connectivity index (χ1n) is 8.68. The van der Waals surface area contributed by atoms with Crippen molar-refractivity contribution in [1.82, 2.24) is 4.90 Å². The molecule has 4 nitrogen and oxygen atoms in total. The van der Waals surface area contributed by atoms with Gasteiger partial charge in [-0.3, -0.25) is 4.90 Å². The van der Waals surface area contributed by atoms with E-state index in [-0.39, 0.29) is 19.0 Å². The third-order valence-corrected chi connectivity index (χ3v) is 4.88. The Balaban J connectivity index is 1.62. The third-order valence-electron chi connectivity index (χ3n) is 4.88. The van der Waals surface area contributed by atoms with Crippen molar-refractivity contribution >= 4 is 0 Å². The summed E-state index contributed by atoms with van der Waals surface area (Å²) in [5.41, 5.74) is -1.15. The number of nitrogens with zero attached hydrogens (tertiary/aromatic N) is 1. The Morgan fingerprint density at radius 1 is 1.21 bits per heavy atom. The smallest absolute Gasteiger partial charge is 0.162 e. The normalized spacial score (nSPS) is 27.0. The summed E-state index contributed by atoms with van der Waals surface area (Å²) in [6.07, 6.45) is 6.04. The van der Waals surface area contributed by atoms with Gasteiger partial charge in [-0.05, 0) is 25.0 Å². The molecular formula is C18H25F2NO3. The van der Waals surface area contributed by atoms with Gasteiger partial charge in [0.25, 0.3) is 0 Å². The highest BCUT2D eigenvalue weighted by Gasteiger charge is 2.36. The third kappa shape index (κ3) is 4.43. The largest absolute Gasteiger partial charge is 0.490 e. The highest BCUT2D eigenvalue weighted by Crippen LogP contribution is 2.26. The van der Waals surface area contributed by atoms with Gasteiger partial charge in [-0.15, -0.1) is 0 Å². The zero-order valence-electron chi connectivity index (χ0n) is 13.8. The van der Waals surface area contributed by atoms with Gasteiger partial charge in [-0.2, -0.15) is 0 Å². The van der Waals surface area contributed by atoms with Crippen LogP contribution in [0.25, 0.3) is 0 Å². The van der Waals surface area contributed by atoms with Gasteiger partial charge in [0.15, 0.2) is 11.6 Å². The predicted octanol–water partition coefficient (Wildman–Crippen LogP) is 2.74. The SMILES string of the molecule is O[C@]1(COc2ccc(F)c(F)c2)COCCN(C2CCCCC2)C1. The lowest BCUT2D eigenvalue weighted by Gasteiger charge is -2.37. The maximum atomic E-state index is 13.3. The van der Waals surface area contributed by atoms with Gasteiger partial charge in [0.05, 0.1) is 13.2 Å². The number of β-amino-alcohol motifs (C(OH)–C–C–N with tert-alkyl or cyclic N) is 1. The van der Waals surface area contributed by atoms with E-state index in [1.807, 2.05) is 0 Å². The van der Waals surface area contributed by atoms with Gasteiger partial charge >= 0.3 is 0 Å². The summed E-state index contributed by atoms with van der Waals surface area (Å²) in [5.74, 6) is -1.67. The molecule has 0 unspecified atom stereocenters. The molecule has 1 aromatic carbocycles. The van der Waals surface area contributed by atoms with Crippen LogP contribution in [0.1, 0.15) is 32.1 Å². The van der Waals surface area contributed by atoms with Gasteiger partial charge in [0.1, 0.15) is 18.0 Å². The standard InChI is InChI=1S/C18H25F2NO3/c19-16-7-6-15(10-17(16)20)24-13-18(22)11-21(8-9-23-12-18)14-4-2-1-3-5-14/h6-7,10,14,22H,1-5,8-9,11-13H2/t18-/m0/s1. The van der Waals surface area contributed by atoms with Crippen molar-refractivity contribution in [3.05, 3.63) is 29.8 Å². The van der Waals surface area contributed by atoms with Crippen molar-refractivity contribution in [2.75, 3.05) is 32.9 Å². The fourth-order valence-electron chi connectivity index (χ4n) is 3.58. The molecule has 1 saturated carbocycles. The Labute approximate surface area is 141 Å². The number of hydrogen-bond acceptors (Lipinski definition) is 4. The predicted molar refractivity (Wildman–Crippen MR) is 86.1 cm³/mol. The zero-order valence-corrected chi connectivity index (χ0v) is 13.8. The van der Waals surface area contributed by atoms with Crippen molar-refractivity contribution in [2.45, 2.75) is 43.7 Å². The number of benzene rings is 1. The van der Waals surface area contributed by atoms with Gasteiger partial charge in [0.2, 0.25) is 0 Å². The summed E-state index contributed by atoms with van der Waals surface area (Å²) in [6.45, 7) is 2.03. The first-order chi connectivity index (χ1) is 11.6. The number of rotatable bonds is 4. The molecule has 1 aliphatic heterocycles. The molecule has 2 fully saturated rings. The summed E-state index contributed by atoms with van der Waals surface area (Å²) >= 11 is 0. The average molecular weight is 341 g/mol. The van der Waals surface area contributed by atoms with E-state index in [1.54, 1.807) is 0 Å². The van der Waals surface area contributed by atoms with Crippen molar-refractivity contribution in [3.8, 4) is 5.75 Å². The lowest BCUT2D eigenvalue weighted by molar-refractivity contribution is -0.0682. The van der Waals surface area contributed by atoms with Gasteiger partial charge < -0.3 is 14.6 Å². The lowest BCUT2D eigenvalue weighted by Crippen LogP contribution is -2.51. The molecule has 24 heavy (non-hydrogen) atoms. The quantitative estimate of drug-likeness (QED) is 0.914. The minimum Gasteiger partial charge on any atom is -0.490 e. The number of halogens is 2. The van der Waals surface area contributed by atoms with Crippen LogP contribution < -0.4 is 4.74 Å². The van der Waals surface area contributed by atoms with Crippen LogP contribution >= 0.6 is 0 Å². The molecule has 6 heteroatoms. The average Bonchev–Trinajstić information content (AvgIpc) is 2.79. The second kappa shape index (κ2) is 7.76. The Morgan fingerprint density at radius 3 is 2.75 bits per heavy atom. The molecule has 1 aliphatic carbocycles. The first kappa shape index (κ1) is 17.6. The molecule has 3 rings (SSSR count). The molecule has 1 saturated heterocycles. The van der Waals surface area contributed by atoms with E-state index in [2.05, 4.69) is 4.90 Å². The monoisotopic (exact) mass is 341 g/mol. The molecule has 0 bridgehead atoms. The van der Waals surface area contributed by atoms with Crippen LogP contribution in [-0.4, -0.2) is 54.6 Å². The number of hydrogen-bond donors (Lipinski definition) is 1. The second-order valence-corrected chi connectivity index (χ2v) is 6.90. The van der Waals surface area contributed by atoms with E-state index in [9.17, 15) is 13.9 Å².